The second-order valence-electron chi connectivity index (χ2n) is 6.93. The van der Waals surface area contributed by atoms with E-state index in [-0.39, 0.29) is 28.8 Å². The van der Waals surface area contributed by atoms with E-state index in [0.717, 1.165) is 5.56 Å². The Hall–Kier alpha value is -3.54. The molecule has 2 aromatic rings. The van der Waals surface area contributed by atoms with Gasteiger partial charge in [0.25, 0.3) is 5.91 Å². The van der Waals surface area contributed by atoms with E-state index in [2.05, 4.69) is 0 Å². The average molecular weight is 407 g/mol. The van der Waals surface area contributed by atoms with Gasteiger partial charge < -0.3 is 19.5 Å². The minimum Gasteiger partial charge on any atom is -0.504 e. The van der Waals surface area contributed by atoms with E-state index in [1.54, 1.807) is 30.0 Å². The summed E-state index contributed by atoms with van der Waals surface area (Å²) in [6.45, 7) is 5.87. The van der Waals surface area contributed by atoms with Crippen LogP contribution in [0.4, 0.5) is 0 Å². The van der Waals surface area contributed by atoms with Gasteiger partial charge in [0.05, 0.1) is 30.9 Å². The summed E-state index contributed by atoms with van der Waals surface area (Å²) >= 11 is 0. The van der Waals surface area contributed by atoms with Gasteiger partial charge in [-0.15, -0.1) is 0 Å². The van der Waals surface area contributed by atoms with Crippen molar-refractivity contribution in [2.45, 2.75) is 26.8 Å². The van der Waals surface area contributed by atoms with Crippen LogP contribution in [-0.4, -0.2) is 35.6 Å². The molecule has 0 radical (unpaired) electrons. The number of esters is 1. The topological polar surface area (TPSA) is 76.1 Å². The lowest BCUT2D eigenvalue weighted by Crippen LogP contribution is -2.28. The third kappa shape index (κ3) is 3.94. The molecule has 30 heavy (non-hydrogen) atoms. The van der Waals surface area contributed by atoms with Crippen LogP contribution in [0.1, 0.15) is 37.9 Å². The van der Waals surface area contributed by atoms with Gasteiger partial charge in [-0.3, -0.25) is 4.79 Å². The fraction of sp³-hybridized carbons (Fsp3) is 0.250. The summed E-state index contributed by atoms with van der Waals surface area (Å²) in [4.78, 5) is 27.5. The minimum absolute atomic E-state index is 0.0102. The first kappa shape index (κ1) is 21.2. The zero-order valence-corrected chi connectivity index (χ0v) is 17.5. The lowest BCUT2D eigenvalue weighted by Gasteiger charge is -2.26. The van der Waals surface area contributed by atoms with Crippen LogP contribution in [0.3, 0.4) is 0 Å². The largest absolute Gasteiger partial charge is 0.504 e. The molecule has 0 fully saturated rings. The number of allylic oxidation sites excluding steroid dienone is 1. The number of phenolic OH excluding ortho intramolecular Hbond substituents is 1. The number of rotatable bonds is 6. The van der Waals surface area contributed by atoms with Crippen molar-refractivity contribution >= 4 is 18.0 Å². The van der Waals surface area contributed by atoms with E-state index < -0.39 is 5.97 Å². The highest BCUT2D eigenvalue weighted by atomic mass is 16.5. The Labute approximate surface area is 176 Å². The molecule has 0 saturated carbocycles. The lowest BCUT2D eigenvalue weighted by atomic mass is 10.0. The smallest absolute Gasteiger partial charge is 0.340 e. The Balaban J connectivity index is 2.08. The third-order valence-corrected chi connectivity index (χ3v) is 5.10. The van der Waals surface area contributed by atoms with Gasteiger partial charge in [-0.25, -0.2) is 4.79 Å². The summed E-state index contributed by atoms with van der Waals surface area (Å²) in [5.41, 5.74) is 2.60. The van der Waals surface area contributed by atoms with Gasteiger partial charge in [0.1, 0.15) is 0 Å². The molecule has 1 aliphatic heterocycles. The third-order valence-electron chi connectivity index (χ3n) is 5.10. The molecule has 1 heterocycles. The average Bonchev–Trinajstić information content (AvgIpc) is 2.99. The van der Waals surface area contributed by atoms with Crippen LogP contribution in [0.5, 0.6) is 11.5 Å². The van der Waals surface area contributed by atoms with Gasteiger partial charge in [-0.2, -0.15) is 0 Å². The molecular weight excluding hydrogens is 382 g/mol. The molecule has 6 heteroatoms. The van der Waals surface area contributed by atoms with Crippen molar-refractivity contribution < 1.29 is 24.2 Å². The number of nitrogens with zero attached hydrogens (tertiary/aromatic N) is 1. The van der Waals surface area contributed by atoms with Crippen molar-refractivity contribution in [1.29, 1.82) is 0 Å². The fourth-order valence-corrected chi connectivity index (χ4v) is 3.60. The Morgan fingerprint density at radius 1 is 1.20 bits per heavy atom. The summed E-state index contributed by atoms with van der Waals surface area (Å²) in [5, 5.41) is 9.94. The minimum atomic E-state index is -0.571. The van der Waals surface area contributed by atoms with Crippen LogP contribution < -0.4 is 4.74 Å². The number of carbonyl (C=O) groups is 2. The van der Waals surface area contributed by atoms with E-state index >= 15 is 0 Å². The molecule has 1 amide bonds. The molecule has 156 valence electrons. The van der Waals surface area contributed by atoms with Crippen molar-refractivity contribution in [2.24, 2.45) is 0 Å². The van der Waals surface area contributed by atoms with Crippen LogP contribution in [0.2, 0.25) is 0 Å². The number of ether oxygens (including phenoxy) is 2. The number of amides is 1. The standard InChI is InChI=1S/C24H25NO5/c1-5-30-21-14-17(11-12-20(21)26)13-19-22(24(28)29-4)16(3)25(23(19)27)15(2)18-9-7-6-8-10-18/h6-15,26H,5H2,1-4H3/b19-13-/t15-/m1/s1. The lowest BCUT2D eigenvalue weighted by molar-refractivity contribution is -0.136. The van der Waals surface area contributed by atoms with Gasteiger partial charge in [0.15, 0.2) is 11.5 Å². The first-order chi connectivity index (χ1) is 14.4. The number of hydrogen-bond acceptors (Lipinski definition) is 5. The summed E-state index contributed by atoms with van der Waals surface area (Å²) in [5.74, 6) is -0.530. The predicted molar refractivity (Wildman–Crippen MR) is 114 cm³/mol. The molecule has 2 aromatic carbocycles. The summed E-state index contributed by atoms with van der Waals surface area (Å²) in [6.07, 6.45) is 1.62. The van der Waals surface area contributed by atoms with Crippen molar-refractivity contribution in [3.8, 4) is 11.5 Å². The quantitative estimate of drug-likeness (QED) is 0.573. The van der Waals surface area contributed by atoms with Crippen molar-refractivity contribution in [1.82, 2.24) is 4.90 Å². The molecule has 1 N–H and O–H groups in total. The van der Waals surface area contributed by atoms with E-state index in [0.29, 0.717) is 23.6 Å². The normalized spacial score (nSPS) is 16.2. The molecule has 0 aliphatic carbocycles. The number of hydrogen-bond donors (Lipinski definition) is 1. The maximum atomic E-state index is 13.4. The molecule has 0 saturated heterocycles. The van der Waals surface area contributed by atoms with Gasteiger partial charge in [-0.05, 0) is 50.1 Å². The van der Waals surface area contributed by atoms with Crippen molar-refractivity contribution in [2.75, 3.05) is 13.7 Å². The number of phenols is 1. The maximum absolute atomic E-state index is 13.4. The van der Waals surface area contributed by atoms with Crippen LogP contribution in [0, 0.1) is 0 Å². The monoisotopic (exact) mass is 407 g/mol. The Bertz CT molecular complexity index is 1020. The number of benzene rings is 2. The van der Waals surface area contributed by atoms with Crippen LogP contribution >= 0.6 is 0 Å². The first-order valence-corrected chi connectivity index (χ1v) is 9.74. The number of aromatic hydroxyl groups is 1. The van der Waals surface area contributed by atoms with Gasteiger partial charge in [0, 0.05) is 5.70 Å². The Morgan fingerprint density at radius 2 is 1.90 bits per heavy atom. The molecular formula is C24H25NO5. The van der Waals surface area contributed by atoms with E-state index in [9.17, 15) is 14.7 Å². The highest BCUT2D eigenvalue weighted by Crippen LogP contribution is 2.38. The summed E-state index contributed by atoms with van der Waals surface area (Å²) in [6, 6.07) is 14.1. The molecule has 1 atom stereocenters. The number of methoxy groups -OCH3 is 1. The van der Waals surface area contributed by atoms with E-state index in [4.69, 9.17) is 9.47 Å². The molecule has 0 bridgehead atoms. The van der Waals surface area contributed by atoms with E-state index in [1.165, 1.54) is 13.2 Å². The SMILES string of the molecule is CCOc1cc(/C=C2\C(=O)N([C@H](C)c3ccccc3)C(C)=C2C(=O)OC)ccc1O. The zero-order valence-electron chi connectivity index (χ0n) is 17.5. The van der Waals surface area contributed by atoms with Crippen molar-refractivity contribution in [3.63, 3.8) is 0 Å². The van der Waals surface area contributed by atoms with Gasteiger partial charge in [-0.1, -0.05) is 36.4 Å². The highest BCUT2D eigenvalue weighted by Gasteiger charge is 2.39. The second kappa shape index (κ2) is 8.86. The fourth-order valence-electron chi connectivity index (χ4n) is 3.60. The summed E-state index contributed by atoms with van der Waals surface area (Å²) in [7, 11) is 1.29. The predicted octanol–water partition coefficient (Wildman–Crippen LogP) is 4.22. The highest BCUT2D eigenvalue weighted by molar-refractivity contribution is 6.16. The van der Waals surface area contributed by atoms with Gasteiger partial charge in [0.2, 0.25) is 0 Å². The zero-order chi connectivity index (χ0) is 21.8. The molecule has 0 aromatic heterocycles. The first-order valence-electron chi connectivity index (χ1n) is 9.74. The van der Waals surface area contributed by atoms with E-state index in [1.807, 2.05) is 44.2 Å². The molecule has 0 unspecified atom stereocenters. The molecule has 6 nitrogen and oxygen atoms in total. The second-order valence-corrected chi connectivity index (χ2v) is 6.93. The molecule has 3 rings (SSSR count). The van der Waals surface area contributed by atoms with Gasteiger partial charge >= 0.3 is 5.97 Å². The molecule has 1 aliphatic rings. The summed E-state index contributed by atoms with van der Waals surface area (Å²) < 4.78 is 10.4. The van der Waals surface area contributed by atoms with Crippen LogP contribution in [-0.2, 0) is 14.3 Å². The Morgan fingerprint density at radius 3 is 2.53 bits per heavy atom. The van der Waals surface area contributed by atoms with Crippen LogP contribution in [0.25, 0.3) is 6.08 Å². The Kier molecular flexibility index (Phi) is 6.26. The van der Waals surface area contributed by atoms with Crippen molar-refractivity contribution in [3.05, 3.63) is 76.5 Å². The maximum Gasteiger partial charge on any atom is 0.340 e. The molecule has 0 spiro atoms. The van der Waals surface area contributed by atoms with Crippen LogP contribution in [0.15, 0.2) is 65.4 Å². The number of carbonyl (C=O) groups excluding carboxylic acids is 2.